The standard InChI is InChI=1S/C22H23BrClF4IN4O3/c23-15-16(24)19(35-9-12(2-4-29)30-7-13(26)27)14-18(17(15)28)31-21(32-20(14)34)36-10-22-3-1-5-33(22)8-11(25)6-22/h2,4,11-13,30H,1,3,5-10H2,(H,31,32,34)/b4-2+/t11-,12?,22+/m1/s1. The molecule has 0 bridgehead atoms. The molecule has 14 heteroatoms. The number of benzene rings is 1. The zero-order valence-electron chi connectivity index (χ0n) is 18.8. The largest absolute Gasteiger partial charge is 0.489 e. The van der Waals surface area contributed by atoms with Crippen LogP contribution in [0, 0.1) is 5.82 Å². The van der Waals surface area contributed by atoms with Crippen LogP contribution >= 0.6 is 50.1 Å². The van der Waals surface area contributed by atoms with Gasteiger partial charge in [-0.1, -0.05) is 40.3 Å². The van der Waals surface area contributed by atoms with Gasteiger partial charge >= 0.3 is 0 Å². The lowest BCUT2D eigenvalue weighted by atomic mass is 9.95. The highest BCUT2D eigenvalue weighted by Gasteiger charge is 2.49. The molecule has 3 atom stereocenters. The number of nitrogens with zero attached hydrogens (tertiary/aromatic N) is 2. The van der Waals surface area contributed by atoms with Gasteiger partial charge in [0.2, 0.25) is 0 Å². The highest BCUT2D eigenvalue weighted by atomic mass is 127. The van der Waals surface area contributed by atoms with E-state index in [1.54, 1.807) is 10.2 Å². The Morgan fingerprint density at radius 3 is 2.92 bits per heavy atom. The van der Waals surface area contributed by atoms with E-state index in [0.29, 0.717) is 13.0 Å². The molecule has 1 aromatic heterocycles. The summed E-state index contributed by atoms with van der Waals surface area (Å²) in [6.45, 7) is 0.473. The Morgan fingerprint density at radius 2 is 2.19 bits per heavy atom. The molecular formula is C22H23BrClF4IN4O3. The number of alkyl halides is 3. The Balaban J connectivity index is 1.61. The van der Waals surface area contributed by atoms with Gasteiger partial charge in [0.1, 0.15) is 35.3 Å². The number of hydrogen-bond donors (Lipinski definition) is 2. The van der Waals surface area contributed by atoms with E-state index in [1.165, 1.54) is 0 Å². The Labute approximate surface area is 231 Å². The van der Waals surface area contributed by atoms with Gasteiger partial charge in [0, 0.05) is 13.0 Å². The second kappa shape index (κ2) is 11.7. The van der Waals surface area contributed by atoms with E-state index in [-0.39, 0.29) is 45.4 Å². The molecular weight excluding hydrogens is 687 g/mol. The molecule has 36 heavy (non-hydrogen) atoms. The lowest BCUT2D eigenvalue weighted by Gasteiger charge is -2.30. The van der Waals surface area contributed by atoms with Gasteiger partial charge in [-0.05, 0) is 39.4 Å². The van der Waals surface area contributed by atoms with Crippen molar-refractivity contribution in [1.29, 1.82) is 0 Å². The van der Waals surface area contributed by atoms with Gasteiger partial charge in [0.15, 0.2) is 11.6 Å². The van der Waals surface area contributed by atoms with E-state index in [1.807, 2.05) is 27.5 Å². The van der Waals surface area contributed by atoms with Gasteiger partial charge in [0.05, 0.1) is 22.6 Å². The monoisotopic (exact) mass is 708 g/mol. The third-order valence-electron chi connectivity index (χ3n) is 6.40. The zero-order valence-corrected chi connectivity index (χ0v) is 23.3. The number of aromatic amines is 1. The minimum Gasteiger partial charge on any atom is -0.489 e. The van der Waals surface area contributed by atoms with Crippen molar-refractivity contribution >= 4 is 61.0 Å². The summed E-state index contributed by atoms with van der Waals surface area (Å²) in [7, 11) is 0. The molecule has 0 radical (unpaired) electrons. The van der Waals surface area contributed by atoms with Gasteiger partial charge in [-0.2, -0.15) is 4.98 Å². The highest BCUT2D eigenvalue weighted by Crippen LogP contribution is 2.42. The van der Waals surface area contributed by atoms with Crippen LogP contribution in [0.5, 0.6) is 11.8 Å². The van der Waals surface area contributed by atoms with Crippen LogP contribution in [0.1, 0.15) is 19.3 Å². The number of ether oxygens (including phenoxy) is 2. The molecule has 0 saturated carbocycles. The first kappa shape index (κ1) is 27.9. The molecule has 2 saturated heterocycles. The van der Waals surface area contributed by atoms with E-state index < -0.39 is 42.1 Å². The Hall–Kier alpha value is -1.16. The first-order valence-corrected chi connectivity index (χ1v) is 13.6. The number of fused-ring (bicyclic) bond motifs is 2. The van der Waals surface area contributed by atoms with Gasteiger partial charge in [-0.3, -0.25) is 14.7 Å². The SMILES string of the molecule is O=c1[nH]c(OC[C@@]23CCCN2C[C@H](F)C3)nc2c(F)c(Br)c(Cl)c(OCC(/C=C/I)NCC(F)F)c12. The molecule has 3 heterocycles. The first-order chi connectivity index (χ1) is 17.1. The molecule has 1 aromatic carbocycles. The molecule has 198 valence electrons. The summed E-state index contributed by atoms with van der Waals surface area (Å²) in [4.78, 5) is 21.7. The number of rotatable bonds is 10. The quantitative estimate of drug-likeness (QED) is 0.206. The number of hydrogen-bond acceptors (Lipinski definition) is 6. The highest BCUT2D eigenvalue weighted by molar-refractivity contribution is 14.1. The van der Waals surface area contributed by atoms with Crippen molar-refractivity contribution in [2.24, 2.45) is 0 Å². The van der Waals surface area contributed by atoms with E-state index in [2.05, 4.69) is 31.2 Å². The van der Waals surface area contributed by atoms with Crippen LogP contribution in [0.4, 0.5) is 17.6 Å². The number of H-pyrrole nitrogens is 1. The molecule has 7 nitrogen and oxygen atoms in total. The average molecular weight is 710 g/mol. The minimum atomic E-state index is -2.57. The Morgan fingerprint density at radius 1 is 1.42 bits per heavy atom. The van der Waals surface area contributed by atoms with Crippen molar-refractivity contribution in [3.63, 3.8) is 0 Å². The van der Waals surface area contributed by atoms with Crippen LogP contribution in [0.3, 0.4) is 0 Å². The van der Waals surface area contributed by atoms with Crippen LogP contribution < -0.4 is 20.3 Å². The maximum Gasteiger partial charge on any atom is 0.297 e. The van der Waals surface area contributed by atoms with Crippen LogP contribution in [0.15, 0.2) is 19.4 Å². The van der Waals surface area contributed by atoms with Crippen molar-refractivity contribution < 1.29 is 27.0 Å². The van der Waals surface area contributed by atoms with Crippen LogP contribution in [0.2, 0.25) is 5.02 Å². The van der Waals surface area contributed by atoms with Gasteiger partial charge in [0.25, 0.3) is 18.0 Å². The lowest BCUT2D eigenvalue weighted by Crippen LogP contribution is -2.43. The molecule has 2 N–H and O–H groups in total. The fraction of sp³-hybridized carbons (Fsp3) is 0.545. The molecule has 2 aromatic rings. The smallest absolute Gasteiger partial charge is 0.297 e. The summed E-state index contributed by atoms with van der Waals surface area (Å²) < 4.78 is 67.3. The molecule has 1 unspecified atom stereocenters. The lowest BCUT2D eigenvalue weighted by molar-refractivity contribution is 0.107. The van der Waals surface area contributed by atoms with Crippen molar-refractivity contribution in [3.05, 3.63) is 35.8 Å². The third kappa shape index (κ3) is 5.79. The summed E-state index contributed by atoms with van der Waals surface area (Å²) in [6, 6.07) is -0.834. The summed E-state index contributed by atoms with van der Waals surface area (Å²) in [6.07, 6.45) is 0.0755. The Bertz CT molecular complexity index is 1210. The van der Waals surface area contributed by atoms with Crippen molar-refractivity contribution in [3.8, 4) is 11.8 Å². The zero-order chi connectivity index (χ0) is 26.0. The second-order valence-electron chi connectivity index (χ2n) is 8.77. The topological polar surface area (TPSA) is 79.5 Å². The average Bonchev–Trinajstić information content (AvgIpc) is 3.35. The van der Waals surface area contributed by atoms with Gasteiger partial charge < -0.3 is 14.8 Å². The first-order valence-electron chi connectivity index (χ1n) is 11.2. The molecule has 2 aliphatic heterocycles. The van der Waals surface area contributed by atoms with E-state index in [9.17, 15) is 18.0 Å². The normalized spacial score (nSPS) is 23.2. The summed E-state index contributed by atoms with van der Waals surface area (Å²) in [5, 5.41) is 2.18. The number of aromatic nitrogens is 2. The van der Waals surface area contributed by atoms with E-state index in [4.69, 9.17) is 21.1 Å². The van der Waals surface area contributed by atoms with Crippen molar-refractivity contribution in [2.45, 2.75) is 43.4 Å². The second-order valence-corrected chi connectivity index (χ2v) is 10.7. The van der Waals surface area contributed by atoms with Crippen molar-refractivity contribution in [1.82, 2.24) is 20.2 Å². The number of halogens is 7. The summed E-state index contributed by atoms with van der Waals surface area (Å²) >= 11 is 11.3. The fourth-order valence-electron chi connectivity index (χ4n) is 4.77. The van der Waals surface area contributed by atoms with Crippen LogP contribution in [-0.2, 0) is 0 Å². The third-order valence-corrected chi connectivity index (χ3v) is 8.15. The van der Waals surface area contributed by atoms with E-state index in [0.717, 1.165) is 19.4 Å². The fourth-order valence-corrected chi connectivity index (χ4v) is 5.87. The molecule has 2 fully saturated rings. The summed E-state index contributed by atoms with van der Waals surface area (Å²) in [5.41, 5.74) is -1.57. The van der Waals surface area contributed by atoms with Crippen LogP contribution in [-0.4, -0.2) is 71.9 Å². The minimum absolute atomic E-state index is 0.0989. The summed E-state index contributed by atoms with van der Waals surface area (Å²) in [5.74, 6) is -1.04. The Kier molecular flexibility index (Phi) is 9.06. The maximum atomic E-state index is 15.1. The van der Waals surface area contributed by atoms with E-state index >= 15 is 4.39 Å². The molecule has 0 amide bonds. The van der Waals surface area contributed by atoms with Gasteiger partial charge in [-0.15, -0.1) is 0 Å². The number of nitrogens with one attached hydrogen (secondary N) is 2. The molecule has 0 aliphatic carbocycles. The maximum absolute atomic E-state index is 15.1. The van der Waals surface area contributed by atoms with Gasteiger partial charge in [-0.25, -0.2) is 17.6 Å². The van der Waals surface area contributed by atoms with Crippen LogP contribution in [0.25, 0.3) is 10.9 Å². The molecule has 4 rings (SSSR count). The van der Waals surface area contributed by atoms with Crippen molar-refractivity contribution in [2.75, 3.05) is 32.8 Å². The predicted molar refractivity (Wildman–Crippen MR) is 140 cm³/mol. The predicted octanol–water partition coefficient (Wildman–Crippen LogP) is 4.98. The molecule has 2 aliphatic rings. The molecule has 0 spiro atoms.